The molecule has 1 aromatic rings. The van der Waals surface area contributed by atoms with Crippen LogP contribution >= 0.6 is 22.6 Å². The fourth-order valence-corrected chi connectivity index (χ4v) is 5.39. The molecule has 1 saturated carbocycles. The average Bonchev–Trinajstić information content (AvgIpc) is 2.92. The van der Waals surface area contributed by atoms with Crippen LogP contribution in [0.1, 0.15) is 32.6 Å². The predicted molar refractivity (Wildman–Crippen MR) is 80.5 cm³/mol. The van der Waals surface area contributed by atoms with E-state index >= 15 is 0 Å². The second-order valence-corrected chi connectivity index (χ2v) is 8.36. The van der Waals surface area contributed by atoms with E-state index in [0.717, 1.165) is 6.42 Å². The zero-order chi connectivity index (χ0) is 13.7. The van der Waals surface area contributed by atoms with Crippen molar-refractivity contribution in [1.29, 1.82) is 0 Å². The predicted octanol–water partition coefficient (Wildman–Crippen LogP) is 2.23. The molecule has 3 rings (SSSR count). The highest BCUT2D eigenvalue weighted by Gasteiger charge is 2.50. The minimum atomic E-state index is -3.38. The van der Waals surface area contributed by atoms with Crippen LogP contribution in [0.4, 0.5) is 0 Å². The van der Waals surface area contributed by atoms with E-state index in [0.29, 0.717) is 16.0 Å². The van der Waals surface area contributed by atoms with Crippen LogP contribution in [0.15, 0.2) is 17.3 Å². The zero-order valence-electron chi connectivity index (χ0n) is 10.9. The van der Waals surface area contributed by atoms with Gasteiger partial charge in [0.2, 0.25) is 10.0 Å². The molecule has 0 N–H and O–H groups in total. The maximum Gasteiger partial charge on any atom is 0.246 e. The van der Waals surface area contributed by atoms with Crippen molar-refractivity contribution < 1.29 is 8.42 Å². The van der Waals surface area contributed by atoms with E-state index in [4.69, 9.17) is 0 Å². The third-order valence-electron chi connectivity index (χ3n) is 4.46. The monoisotopic (exact) mass is 395 g/mol. The smallest absolute Gasteiger partial charge is 0.246 e. The Hall–Kier alpha value is -0.150. The number of rotatable bonds is 3. The van der Waals surface area contributed by atoms with Crippen molar-refractivity contribution >= 4 is 32.6 Å². The number of nitrogens with zero attached hydrogens (tertiary/aromatic N) is 3. The molecule has 1 aromatic heterocycles. The lowest BCUT2D eigenvalue weighted by Gasteiger charge is -2.37. The summed E-state index contributed by atoms with van der Waals surface area (Å²) in [6, 6.07) is 0.105. The molecule has 19 heavy (non-hydrogen) atoms. The zero-order valence-corrected chi connectivity index (χ0v) is 13.9. The van der Waals surface area contributed by atoms with Gasteiger partial charge in [-0.05, 0) is 31.6 Å². The molecule has 1 atom stereocenters. The summed E-state index contributed by atoms with van der Waals surface area (Å²) in [6.07, 6.45) is 7.69. The number of sulfonamides is 1. The average molecular weight is 395 g/mol. The van der Waals surface area contributed by atoms with Crippen LogP contribution in [-0.4, -0.2) is 35.1 Å². The molecule has 0 bridgehead atoms. The second-order valence-electron chi connectivity index (χ2n) is 5.79. The minimum Gasteiger partial charge on any atom is -0.262 e. The number of hydrogen-bond donors (Lipinski definition) is 0. The fraction of sp³-hybridized carbons (Fsp3) is 0.750. The number of aromatic nitrogens is 2. The molecule has 2 aliphatic rings. The highest BCUT2D eigenvalue weighted by molar-refractivity contribution is 14.1. The van der Waals surface area contributed by atoms with Crippen LogP contribution in [0.3, 0.4) is 0 Å². The summed E-state index contributed by atoms with van der Waals surface area (Å²) >= 11 is 2.16. The van der Waals surface area contributed by atoms with Gasteiger partial charge in [0.25, 0.3) is 0 Å². The summed E-state index contributed by atoms with van der Waals surface area (Å²) < 4.78 is 29.3. The van der Waals surface area contributed by atoms with E-state index in [2.05, 4.69) is 27.7 Å². The first kappa shape index (κ1) is 13.8. The molecule has 2 fully saturated rings. The largest absolute Gasteiger partial charge is 0.262 e. The van der Waals surface area contributed by atoms with E-state index in [-0.39, 0.29) is 11.5 Å². The van der Waals surface area contributed by atoms with Crippen LogP contribution in [0.5, 0.6) is 0 Å². The Kier molecular flexibility index (Phi) is 3.41. The molecule has 0 amide bonds. The lowest BCUT2D eigenvalue weighted by atomic mass is 9.68. The third kappa shape index (κ3) is 2.23. The Morgan fingerprint density at radius 2 is 2.26 bits per heavy atom. The van der Waals surface area contributed by atoms with Gasteiger partial charge in [0.05, 0.1) is 10.7 Å². The summed E-state index contributed by atoms with van der Waals surface area (Å²) in [6.45, 7) is 2.71. The minimum absolute atomic E-state index is 0.105. The highest BCUT2D eigenvalue weighted by Crippen LogP contribution is 2.51. The molecule has 0 aromatic carbocycles. The number of halogens is 1. The first-order valence-corrected chi connectivity index (χ1v) is 9.54. The molecule has 0 radical (unpaired) electrons. The molecule has 106 valence electrons. The van der Waals surface area contributed by atoms with Crippen LogP contribution in [0.2, 0.25) is 0 Å². The molecule has 5 nitrogen and oxygen atoms in total. The van der Waals surface area contributed by atoms with Crippen LogP contribution in [-0.2, 0) is 14.6 Å². The second kappa shape index (κ2) is 4.70. The lowest BCUT2D eigenvalue weighted by molar-refractivity contribution is 0.152. The van der Waals surface area contributed by atoms with Crippen molar-refractivity contribution in [3.05, 3.63) is 12.4 Å². The van der Waals surface area contributed by atoms with Gasteiger partial charge in [0.1, 0.15) is 4.90 Å². The van der Waals surface area contributed by atoms with Crippen molar-refractivity contribution in [3.8, 4) is 0 Å². The molecule has 2 heterocycles. The van der Waals surface area contributed by atoms with E-state index in [9.17, 15) is 8.42 Å². The van der Waals surface area contributed by atoms with Gasteiger partial charge in [-0.1, -0.05) is 29.0 Å². The maximum atomic E-state index is 12.7. The van der Waals surface area contributed by atoms with Crippen molar-refractivity contribution in [2.45, 2.75) is 48.1 Å². The van der Waals surface area contributed by atoms with Crippen LogP contribution < -0.4 is 0 Å². The van der Waals surface area contributed by atoms with Gasteiger partial charge in [-0.25, -0.2) is 8.42 Å². The summed E-state index contributed by atoms with van der Waals surface area (Å²) in [5.74, 6) is 0. The Morgan fingerprint density at radius 3 is 2.74 bits per heavy atom. The van der Waals surface area contributed by atoms with Gasteiger partial charge in [-0.15, -0.1) is 0 Å². The van der Waals surface area contributed by atoms with Crippen molar-refractivity contribution in [2.75, 3.05) is 6.54 Å². The molecule has 1 spiro atoms. The van der Waals surface area contributed by atoms with Gasteiger partial charge >= 0.3 is 0 Å². The molecule has 1 aliphatic carbocycles. The Bertz CT molecular complexity index is 580. The van der Waals surface area contributed by atoms with Crippen molar-refractivity contribution in [3.63, 3.8) is 0 Å². The molecular formula is C12H18IN3O2S. The van der Waals surface area contributed by atoms with Gasteiger partial charge in [0.15, 0.2) is 0 Å². The van der Waals surface area contributed by atoms with E-state index in [1.165, 1.54) is 25.5 Å². The third-order valence-corrected chi connectivity index (χ3v) is 7.08. The van der Waals surface area contributed by atoms with Crippen LogP contribution in [0.25, 0.3) is 0 Å². The molecule has 7 heteroatoms. The Balaban J connectivity index is 1.88. The first-order valence-electron chi connectivity index (χ1n) is 6.57. The van der Waals surface area contributed by atoms with E-state index in [1.807, 2.05) is 6.92 Å². The lowest BCUT2D eigenvalue weighted by Crippen LogP contribution is -2.37. The summed E-state index contributed by atoms with van der Waals surface area (Å²) in [5.41, 5.74) is 0.270. The van der Waals surface area contributed by atoms with Crippen molar-refractivity contribution in [2.24, 2.45) is 5.41 Å². The highest BCUT2D eigenvalue weighted by atomic mass is 127. The van der Waals surface area contributed by atoms with Gasteiger partial charge < -0.3 is 0 Å². The first-order chi connectivity index (χ1) is 8.97. The molecular weight excluding hydrogens is 377 g/mol. The summed E-state index contributed by atoms with van der Waals surface area (Å²) in [7, 11) is -3.38. The standard InChI is InChI=1S/C12H18IN3O2S/c1-10-5-12(3-2-4-12)8-16(10)19(17,18)11-6-14-15(7-11)9-13/h6-7,10H,2-5,8-9H2,1H3. The fourth-order valence-electron chi connectivity index (χ4n) is 3.32. The van der Waals surface area contributed by atoms with Crippen LogP contribution in [0, 0.1) is 5.41 Å². The number of alkyl halides is 1. The van der Waals surface area contributed by atoms with E-state index < -0.39 is 10.0 Å². The Morgan fingerprint density at radius 1 is 1.53 bits per heavy atom. The summed E-state index contributed by atoms with van der Waals surface area (Å²) in [5, 5.41) is 4.07. The quantitative estimate of drug-likeness (QED) is 0.583. The molecule has 1 saturated heterocycles. The Labute approximate surface area is 127 Å². The molecule has 1 unspecified atom stereocenters. The van der Waals surface area contributed by atoms with Crippen molar-refractivity contribution in [1.82, 2.24) is 14.1 Å². The molecule has 1 aliphatic heterocycles. The topological polar surface area (TPSA) is 55.2 Å². The summed E-state index contributed by atoms with van der Waals surface area (Å²) in [4.78, 5) is 0.326. The van der Waals surface area contributed by atoms with Gasteiger partial charge in [-0.2, -0.15) is 9.40 Å². The van der Waals surface area contributed by atoms with Gasteiger partial charge in [0, 0.05) is 18.8 Å². The number of hydrogen-bond acceptors (Lipinski definition) is 3. The maximum absolute atomic E-state index is 12.7. The normalized spacial score (nSPS) is 26.7. The SMILES string of the molecule is CC1CC2(CCC2)CN1S(=O)(=O)c1cnn(CI)c1. The van der Waals surface area contributed by atoms with Gasteiger partial charge in [-0.3, -0.25) is 4.68 Å². The van der Waals surface area contributed by atoms with E-state index in [1.54, 1.807) is 15.2 Å².